The fourth-order valence-corrected chi connectivity index (χ4v) is 3.30. The van der Waals surface area contributed by atoms with Crippen LogP contribution in [-0.2, 0) is 7.05 Å². The Balaban J connectivity index is 1.63. The molecule has 0 saturated carbocycles. The third-order valence-electron chi connectivity index (χ3n) is 4.69. The molecule has 8 nitrogen and oxygen atoms in total. The molecule has 0 bridgehead atoms. The van der Waals surface area contributed by atoms with Gasteiger partial charge in [0, 0.05) is 12.4 Å². The van der Waals surface area contributed by atoms with Crippen LogP contribution in [0.15, 0.2) is 69.6 Å². The van der Waals surface area contributed by atoms with Gasteiger partial charge in [-0.1, -0.05) is 36.4 Å². The van der Waals surface area contributed by atoms with Gasteiger partial charge in [0.05, 0.1) is 16.9 Å². The largest absolute Gasteiger partial charge is 0.493 e. The van der Waals surface area contributed by atoms with Crippen LogP contribution in [0.1, 0.15) is 5.69 Å². The van der Waals surface area contributed by atoms with Crippen LogP contribution in [0.4, 0.5) is 11.4 Å². The van der Waals surface area contributed by atoms with E-state index in [1.54, 1.807) is 16.4 Å². The average molecular weight is 406 g/mol. The molecular formula is C20H18N6O2S. The summed E-state index contributed by atoms with van der Waals surface area (Å²) < 4.78 is 3.29. The summed E-state index contributed by atoms with van der Waals surface area (Å²) >= 11 is 5.24. The second kappa shape index (κ2) is 7.36. The maximum atomic E-state index is 12.9. The van der Waals surface area contributed by atoms with E-state index >= 15 is 0 Å². The van der Waals surface area contributed by atoms with Gasteiger partial charge in [-0.25, -0.2) is 4.68 Å². The summed E-state index contributed by atoms with van der Waals surface area (Å²) in [5, 5.41) is 21.7. The van der Waals surface area contributed by atoms with Gasteiger partial charge in [0.1, 0.15) is 5.69 Å². The van der Waals surface area contributed by atoms with Gasteiger partial charge in [-0.3, -0.25) is 9.48 Å². The fourth-order valence-electron chi connectivity index (χ4n) is 3.15. The van der Waals surface area contributed by atoms with E-state index in [4.69, 9.17) is 12.2 Å². The number of aromatic nitrogens is 3. The SMILES string of the molecule is Cc1c(NC(=S)N=Nc2c(O)[nH]c3ccccc23)c(=O)n(-c2ccccc2)n1C. The second-order valence-corrected chi connectivity index (χ2v) is 6.82. The van der Waals surface area contributed by atoms with Crippen molar-refractivity contribution in [2.45, 2.75) is 6.92 Å². The van der Waals surface area contributed by atoms with Crippen molar-refractivity contribution in [3.8, 4) is 11.6 Å². The molecular weight excluding hydrogens is 388 g/mol. The van der Waals surface area contributed by atoms with Crippen LogP contribution < -0.4 is 10.9 Å². The van der Waals surface area contributed by atoms with Crippen LogP contribution in [0.25, 0.3) is 16.6 Å². The first-order chi connectivity index (χ1) is 14.0. The number of hydrogen-bond donors (Lipinski definition) is 3. The minimum Gasteiger partial charge on any atom is -0.493 e. The number of para-hydroxylation sites is 2. The first kappa shape index (κ1) is 18.6. The molecule has 0 aliphatic heterocycles. The number of fused-ring (bicyclic) bond motifs is 1. The topological polar surface area (TPSA) is 99.7 Å². The maximum Gasteiger partial charge on any atom is 0.295 e. The summed E-state index contributed by atoms with van der Waals surface area (Å²) in [5.74, 6) is -0.0972. The molecule has 2 aromatic carbocycles. The molecule has 0 aliphatic carbocycles. The summed E-state index contributed by atoms with van der Waals surface area (Å²) in [6.07, 6.45) is 0. The standard InChI is InChI=1S/C20H18N6O2S/c1-12-16(19(28)26(25(12)2)13-8-4-3-5-9-13)22-20(29)24-23-17-14-10-6-7-11-15(14)21-18(17)27/h3-11,21,27H,1-2H3,(H,22,29). The average Bonchev–Trinajstić information content (AvgIpc) is 3.15. The van der Waals surface area contributed by atoms with E-state index in [1.165, 1.54) is 0 Å². The zero-order valence-corrected chi connectivity index (χ0v) is 16.6. The van der Waals surface area contributed by atoms with Crippen LogP contribution >= 0.6 is 12.2 Å². The quantitative estimate of drug-likeness (QED) is 0.351. The third-order valence-corrected chi connectivity index (χ3v) is 4.87. The first-order valence-electron chi connectivity index (χ1n) is 8.84. The van der Waals surface area contributed by atoms with Crippen molar-refractivity contribution >= 4 is 39.6 Å². The minimum absolute atomic E-state index is 0.0145. The highest BCUT2D eigenvalue weighted by Gasteiger charge is 2.17. The number of nitrogens with one attached hydrogen (secondary N) is 2. The number of anilines is 1. The van der Waals surface area contributed by atoms with Gasteiger partial charge in [0.25, 0.3) is 5.56 Å². The molecule has 0 spiro atoms. The zero-order chi connectivity index (χ0) is 20.5. The predicted molar refractivity (Wildman–Crippen MR) is 116 cm³/mol. The number of H-pyrrole nitrogens is 1. The highest BCUT2D eigenvalue weighted by molar-refractivity contribution is 7.80. The number of thiocarbonyl (C=S) groups is 1. The molecule has 29 heavy (non-hydrogen) atoms. The summed E-state index contributed by atoms with van der Waals surface area (Å²) in [6.45, 7) is 1.81. The normalized spacial score (nSPS) is 11.4. The highest BCUT2D eigenvalue weighted by atomic mass is 32.1. The van der Waals surface area contributed by atoms with E-state index in [0.29, 0.717) is 11.4 Å². The maximum absolute atomic E-state index is 12.9. The van der Waals surface area contributed by atoms with E-state index in [-0.39, 0.29) is 22.2 Å². The van der Waals surface area contributed by atoms with E-state index in [0.717, 1.165) is 16.6 Å². The second-order valence-electron chi connectivity index (χ2n) is 6.43. The number of rotatable bonds is 3. The highest BCUT2D eigenvalue weighted by Crippen LogP contribution is 2.35. The number of nitrogens with zero attached hydrogens (tertiary/aromatic N) is 4. The lowest BCUT2D eigenvalue weighted by Gasteiger charge is -2.07. The molecule has 3 N–H and O–H groups in total. The number of azo groups is 1. The molecule has 9 heteroatoms. The zero-order valence-electron chi connectivity index (χ0n) is 15.7. The molecule has 146 valence electrons. The van der Waals surface area contributed by atoms with E-state index in [1.807, 2.05) is 61.5 Å². The van der Waals surface area contributed by atoms with Gasteiger partial charge in [0.15, 0.2) is 5.69 Å². The molecule has 0 fully saturated rings. The van der Waals surface area contributed by atoms with Crippen molar-refractivity contribution in [2.24, 2.45) is 17.3 Å². The van der Waals surface area contributed by atoms with Gasteiger partial charge in [0.2, 0.25) is 11.0 Å². The van der Waals surface area contributed by atoms with Crippen molar-refractivity contribution in [3.63, 3.8) is 0 Å². The molecule has 4 aromatic rings. The molecule has 0 aliphatic rings. The van der Waals surface area contributed by atoms with Crippen molar-refractivity contribution in [1.29, 1.82) is 0 Å². The van der Waals surface area contributed by atoms with Gasteiger partial charge in [-0.2, -0.15) is 0 Å². The van der Waals surface area contributed by atoms with Gasteiger partial charge in [-0.05, 0) is 37.3 Å². The van der Waals surface area contributed by atoms with Crippen LogP contribution in [-0.4, -0.2) is 24.6 Å². The summed E-state index contributed by atoms with van der Waals surface area (Å²) in [7, 11) is 1.80. The number of aromatic amines is 1. The first-order valence-corrected chi connectivity index (χ1v) is 9.24. The van der Waals surface area contributed by atoms with Crippen molar-refractivity contribution < 1.29 is 5.11 Å². The third kappa shape index (κ3) is 3.32. The van der Waals surface area contributed by atoms with Crippen LogP contribution in [0.5, 0.6) is 5.88 Å². The van der Waals surface area contributed by atoms with E-state index in [9.17, 15) is 9.90 Å². The lowest BCUT2D eigenvalue weighted by molar-refractivity contribution is 0.459. The summed E-state index contributed by atoms with van der Waals surface area (Å²) in [5.41, 5.74) is 2.55. The molecule has 0 unspecified atom stereocenters. The molecule has 0 radical (unpaired) electrons. The molecule has 0 saturated heterocycles. The smallest absolute Gasteiger partial charge is 0.295 e. The molecule has 0 atom stereocenters. The van der Waals surface area contributed by atoms with Crippen LogP contribution in [0, 0.1) is 6.92 Å². The number of benzene rings is 2. The van der Waals surface area contributed by atoms with Gasteiger partial charge < -0.3 is 15.4 Å². The van der Waals surface area contributed by atoms with Crippen molar-refractivity contribution in [2.75, 3.05) is 5.32 Å². The lowest BCUT2D eigenvalue weighted by atomic mass is 10.2. The van der Waals surface area contributed by atoms with Crippen LogP contribution in [0.2, 0.25) is 0 Å². The van der Waals surface area contributed by atoms with Crippen molar-refractivity contribution in [3.05, 3.63) is 70.6 Å². The van der Waals surface area contributed by atoms with Crippen LogP contribution in [0.3, 0.4) is 0 Å². The molecule has 0 amide bonds. The Hall–Kier alpha value is -3.72. The summed E-state index contributed by atoms with van der Waals surface area (Å²) in [4.78, 5) is 15.7. The Bertz CT molecular complexity index is 1300. The Morgan fingerprint density at radius 1 is 1.14 bits per heavy atom. The Kier molecular flexibility index (Phi) is 4.73. The summed E-state index contributed by atoms with van der Waals surface area (Å²) in [6, 6.07) is 16.6. The lowest BCUT2D eigenvalue weighted by Crippen LogP contribution is -2.21. The number of aromatic hydroxyl groups is 1. The monoisotopic (exact) mass is 406 g/mol. The van der Waals surface area contributed by atoms with Gasteiger partial charge >= 0.3 is 0 Å². The Labute approximate surface area is 171 Å². The van der Waals surface area contributed by atoms with Crippen molar-refractivity contribution in [1.82, 2.24) is 14.3 Å². The Morgan fingerprint density at radius 2 is 1.83 bits per heavy atom. The molecule has 2 aromatic heterocycles. The molecule has 2 heterocycles. The minimum atomic E-state index is -0.247. The van der Waals surface area contributed by atoms with E-state index in [2.05, 4.69) is 20.5 Å². The Morgan fingerprint density at radius 3 is 2.59 bits per heavy atom. The predicted octanol–water partition coefficient (Wildman–Crippen LogP) is 4.15. The number of hydrogen-bond acceptors (Lipinski definition) is 4. The van der Waals surface area contributed by atoms with Gasteiger partial charge in [-0.15, -0.1) is 10.2 Å². The van der Waals surface area contributed by atoms with E-state index < -0.39 is 0 Å². The molecule has 4 rings (SSSR count). The fraction of sp³-hybridized carbons (Fsp3) is 0.100.